The van der Waals surface area contributed by atoms with Gasteiger partial charge in [-0.3, -0.25) is 19.2 Å². The van der Waals surface area contributed by atoms with Crippen LogP contribution in [0.2, 0.25) is 5.02 Å². The predicted molar refractivity (Wildman–Crippen MR) is 300 cm³/mol. The number of benzene rings is 4. The molecule has 4 aromatic carbocycles. The number of nitrogens with zero attached hydrogens (tertiary/aromatic N) is 1. The quantitative estimate of drug-likeness (QED) is 0.0286. The molecule has 0 saturated heterocycles. The third-order valence-electron chi connectivity index (χ3n) is 12.0. The molecule has 0 spiro atoms. The van der Waals surface area contributed by atoms with Crippen LogP contribution in [0.15, 0.2) is 84.9 Å². The zero-order valence-corrected chi connectivity index (χ0v) is 48.3. The number of carbonyl (C=O) groups excluding carboxylic acids is 8. The molecule has 0 saturated carbocycles. The number of hydrogen-bond donors (Lipinski definition) is 5. The van der Waals surface area contributed by atoms with Crippen molar-refractivity contribution < 1.29 is 66.8 Å². The average molecular weight is 1130 g/mol. The third-order valence-corrected chi connectivity index (χ3v) is 12.2. The smallest absolute Gasteiger partial charge is 0.493 e. The van der Waals surface area contributed by atoms with Crippen molar-refractivity contribution in [3.05, 3.63) is 107 Å². The van der Waals surface area contributed by atoms with Crippen molar-refractivity contribution in [3.8, 4) is 33.8 Å². The summed E-state index contributed by atoms with van der Waals surface area (Å²) in [5.41, 5.74) is 0.659. The summed E-state index contributed by atoms with van der Waals surface area (Å²) in [6.45, 7) is 17.3. The van der Waals surface area contributed by atoms with Gasteiger partial charge >= 0.3 is 24.3 Å². The Bertz CT molecular complexity index is 2860. The number of unbranched alkanes of at least 4 members (excludes halogenated alkanes) is 1. The molecule has 1 aliphatic heterocycles. The summed E-state index contributed by atoms with van der Waals surface area (Å²) >= 11 is 6.11. The molecule has 0 aliphatic carbocycles. The van der Waals surface area contributed by atoms with Gasteiger partial charge in [-0.05, 0) is 166 Å². The Labute approximate surface area is 472 Å². The molecule has 432 valence electrons. The topological polar surface area (TPSA) is 255 Å². The van der Waals surface area contributed by atoms with E-state index in [-0.39, 0.29) is 66.3 Å². The summed E-state index contributed by atoms with van der Waals surface area (Å²) in [7, 11) is 2.55. The van der Waals surface area contributed by atoms with E-state index in [0.29, 0.717) is 29.8 Å². The van der Waals surface area contributed by atoms with Crippen LogP contribution in [0.1, 0.15) is 122 Å². The van der Waals surface area contributed by atoms with Crippen LogP contribution in [-0.4, -0.2) is 122 Å². The Morgan fingerprint density at radius 1 is 0.688 bits per heavy atom. The number of halogens is 1. The maximum absolute atomic E-state index is 15.2. The molecule has 4 atom stereocenters. The van der Waals surface area contributed by atoms with Gasteiger partial charge in [0.05, 0.1) is 13.7 Å². The van der Waals surface area contributed by atoms with Gasteiger partial charge < -0.3 is 59.9 Å². The van der Waals surface area contributed by atoms with Crippen LogP contribution < -0.4 is 36.1 Å². The van der Waals surface area contributed by atoms with Gasteiger partial charge in [-0.15, -0.1) is 0 Å². The van der Waals surface area contributed by atoms with Crippen LogP contribution in [-0.2, 0) is 44.5 Å². The normalized spacial score (nSPS) is 16.0. The van der Waals surface area contributed by atoms with Crippen LogP contribution in [0.25, 0.3) is 22.3 Å². The van der Waals surface area contributed by atoms with E-state index in [1.165, 1.54) is 27.1 Å². The minimum atomic E-state index is -1.53. The first-order chi connectivity index (χ1) is 37.5. The van der Waals surface area contributed by atoms with Gasteiger partial charge in [-0.2, -0.15) is 0 Å². The molecule has 20 nitrogen and oxygen atoms in total. The van der Waals surface area contributed by atoms with Crippen LogP contribution in [0.5, 0.6) is 11.5 Å². The second kappa shape index (κ2) is 27.8. The molecule has 5 rings (SSSR count). The van der Waals surface area contributed by atoms with Crippen molar-refractivity contribution in [1.82, 2.24) is 31.5 Å². The van der Waals surface area contributed by atoms with E-state index in [0.717, 1.165) is 16.0 Å². The molecule has 4 unspecified atom stereocenters. The largest absolute Gasteiger partial charge is 0.514 e. The summed E-state index contributed by atoms with van der Waals surface area (Å²) in [6.07, 6.45) is -1.35. The SMILES string of the molecule is COC(=O)C1Cc2ccc(OC(=O)OC(C)(C)C)c(c2)-c2cc(ccc2OCCCNC(=O)OC(C)(C)C)C(N(C)C(=O)C(CCCCNC(=O)OC(C)(C)C)NC(=O)c2ccc(-c3ccc(Cl)cc3)cc2)C(=O)NC(C)C(=O)N1. The fourth-order valence-electron chi connectivity index (χ4n) is 8.26. The molecule has 0 aromatic heterocycles. The third kappa shape index (κ3) is 19.5. The Balaban J connectivity index is 1.61. The number of methoxy groups -OCH3 is 1. The maximum Gasteiger partial charge on any atom is 0.514 e. The first kappa shape index (κ1) is 63.0. The van der Waals surface area contributed by atoms with Crippen molar-refractivity contribution in [1.29, 1.82) is 0 Å². The van der Waals surface area contributed by atoms with Gasteiger partial charge in [0.2, 0.25) is 17.7 Å². The first-order valence-electron chi connectivity index (χ1n) is 26.4. The lowest BCUT2D eigenvalue weighted by molar-refractivity contribution is -0.145. The van der Waals surface area contributed by atoms with E-state index >= 15 is 4.79 Å². The summed E-state index contributed by atoms with van der Waals surface area (Å²) in [5.74, 6) is -3.46. The molecule has 0 fully saturated rings. The highest BCUT2D eigenvalue weighted by Crippen LogP contribution is 2.41. The Kier molecular flexibility index (Phi) is 21.9. The summed E-state index contributed by atoms with van der Waals surface area (Å²) < 4.78 is 33.6. The fraction of sp³-hybridized carbons (Fsp3) is 0.458. The standard InChI is InChI=1S/C59H75ClN6O14/c1-35-49(67)65-45(53(71)75-12)33-36-17-27-47(77-56(74)80-59(8,9)10)42(32-36)43-34-40(24-28-46(43)76-31-15-30-62-55(73)79-58(5,6)7)48(51(69)63-35)66(11)52(70)44(16-13-14-29-61-54(72)78-57(2,3)4)64-50(68)39-20-18-37(19-21-39)38-22-25-41(60)26-23-38/h17-28,32,34-35,44-45,48H,13-16,29-31,33H2,1-12H3,(H,61,72)(H,62,73)(H,63,69)(H,64,68)(H,65,67). The zero-order chi connectivity index (χ0) is 59.1. The van der Waals surface area contributed by atoms with E-state index in [1.54, 1.807) is 129 Å². The van der Waals surface area contributed by atoms with Crippen molar-refractivity contribution >= 4 is 59.5 Å². The predicted octanol–water partition coefficient (Wildman–Crippen LogP) is 8.99. The van der Waals surface area contributed by atoms with Gasteiger partial charge in [0.1, 0.15) is 52.5 Å². The number of nitrogens with one attached hydrogen (secondary N) is 5. The zero-order valence-electron chi connectivity index (χ0n) is 47.6. The lowest BCUT2D eigenvalue weighted by atomic mass is 9.93. The number of likely N-dealkylation sites (N-methyl/N-ethyl adjacent to an activating group) is 1. The number of esters is 1. The molecule has 1 heterocycles. The fourth-order valence-corrected chi connectivity index (χ4v) is 8.39. The molecule has 4 aromatic rings. The highest BCUT2D eigenvalue weighted by molar-refractivity contribution is 6.30. The molecule has 5 N–H and O–H groups in total. The van der Waals surface area contributed by atoms with Gasteiger partial charge in [-0.1, -0.05) is 48.0 Å². The van der Waals surface area contributed by atoms with E-state index in [2.05, 4.69) is 26.6 Å². The molecule has 6 amide bonds. The lowest BCUT2D eigenvalue weighted by Crippen LogP contribution is -2.55. The van der Waals surface area contributed by atoms with E-state index in [9.17, 15) is 33.6 Å². The second-order valence-electron chi connectivity index (χ2n) is 22.2. The van der Waals surface area contributed by atoms with Crippen LogP contribution in [0.3, 0.4) is 0 Å². The van der Waals surface area contributed by atoms with Gasteiger partial charge in [0.15, 0.2) is 0 Å². The van der Waals surface area contributed by atoms with Crippen molar-refractivity contribution in [2.45, 2.75) is 142 Å². The van der Waals surface area contributed by atoms with Crippen LogP contribution in [0, 0.1) is 0 Å². The first-order valence-corrected chi connectivity index (χ1v) is 26.7. The lowest BCUT2D eigenvalue weighted by Gasteiger charge is -2.32. The molecule has 21 heteroatoms. The molecule has 4 bridgehead atoms. The van der Waals surface area contributed by atoms with Crippen molar-refractivity contribution in [3.63, 3.8) is 0 Å². The van der Waals surface area contributed by atoms with Crippen molar-refractivity contribution in [2.75, 3.05) is 33.9 Å². The van der Waals surface area contributed by atoms with Gasteiger partial charge in [0, 0.05) is 48.3 Å². The number of amides is 6. The minimum Gasteiger partial charge on any atom is -0.493 e. The van der Waals surface area contributed by atoms with Crippen LogP contribution >= 0.6 is 11.6 Å². The average Bonchev–Trinajstić information content (AvgIpc) is 3.36. The number of rotatable bonds is 17. The second-order valence-corrected chi connectivity index (χ2v) is 22.6. The number of ether oxygens (including phenoxy) is 6. The molecular formula is C59H75ClN6O14. The van der Waals surface area contributed by atoms with E-state index < -0.39 is 88.9 Å². The molecule has 80 heavy (non-hydrogen) atoms. The maximum atomic E-state index is 15.2. The Morgan fingerprint density at radius 3 is 1.84 bits per heavy atom. The monoisotopic (exact) mass is 1130 g/mol. The Hall–Kier alpha value is -7.87. The molecular weight excluding hydrogens is 1050 g/mol. The minimum absolute atomic E-state index is 0.0217. The molecule has 0 radical (unpaired) electrons. The number of fused-ring (bicyclic) bond motifs is 5. The van der Waals surface area contributed by atoms with E-state index in [1.807, 2.05) is 12.1 Å². The Morgan fingerprint density at radius 2 is 1.25 bits per heavy atom. The van der Waals surface area contributed by atoms with Gasteiger partial charge in [-0.25, -0.2) is 19.2 Å². The number of hydrogen-bond acceptors (Lipinski definition) is 14. The van der Waals surface area contributed by atoms with E-state index in [4.69, 9.17) is 40.0 Å². The van der Waals surface area contributed by atoms with Gasteiger partial charge in [0.25, 0.3) is 5.91 Å². The highest BCUT2D eigenvalue weighted by Gasteiger charge is 2.37. The number of alkyl carbamates (subject to hydrolysis) is 2. The van der Waals surface area contributed by atoms with Crippen molar-refractivity contribution in [2.24, 2.45) is 0 Å². The summed E-state index contributed by atoms with van der Waals surface area (Å²) in [6, 6.07) is 18.1. The number of carbonyl (C=O) groups is 8. The summed E-state index contributed by atoms with van der Waals surface area (Å²) in [4.78, 5) is 111. The van der Waals surface area contributed by atoms with Crippen LogP contribution in [0.4, 0.5) is 14.4 Å². The summed E-state index contributed by atoms with van der Waals surface area (Å²) in [5, 5.41) is 14.3. The molecule has 1 aliphatic rings. The highest BCUT2D eigenvalue weighted by atomic mass is 35.5.